The predicted octanol–water partition coefficient (Wildman–Crippen LogP) is 1.79. The molecule has 0 aromatic carbocycles. The highest BCUT2D eigenvalue weighted by Crippen LogP contribution is 2.56. The van der Waals surface area contributed by atoms with Gasteiger partial charge in [-0.05, 0) is 49.9 Å². The van der Waals surface area contributed by atoms with Crippen LogP contribution in [0.1, 0.15) is 48.2 Å². The standard InChI is InChI=1S/C18H22N4O2/c19-17(23)12-8-21-13-1-2-20-16(13)15(12)22-14-10-3-9-4-11(14)7-18(24,5-9)6-10/h2,8-11,14,24H,1,3-7H2,(H2,19,23)(H,21,22). The molecule has 1 aromatic heterocycles. The van der Waals surface area contributed by atoms with Gasteiger partial charge in [0.05, 0.1) is 22.5 Å². The van der Waals surface area contributed by atoms with Crippen LogP contribution < -0.4 is 11.1 Å². The molecule has 1 aromatic rings. The fraction of sp³-hybridized carbons (Fsp3) is 0.611. The summed E-state index contributed by atoms with van der Waals surface area (Å²) in [6.45, 7) is 0. The van der Waals surface area contributed by atoms with E-state index in [0.717, 1.165) is 36.3 Å². The first-order valence-electron chi connectivity index (χ1n) is 8.85. The topological polar surface area (TPSA) is 101 Å². The summed E-state index contributed by atoms with van der Waals surface area (Å²) < 4.78 is 0. The van der Waals surface area contributed by atoms with Crippen molar-refractivity contribution in [2.75, 3.05) is 5.32 Å². The number of primary amides is 1. The number of carbonyl (C=O) groups is 1. The summed E-state index contributed by atoms with van der Waals surface area (Å²) in [6.07, 6.45) is 9.11. The zero-order valence-corrected chi connectivity index (χ0v) is 13.5. The lowest BCUT2D eigenvalue weighted by Crippen LogP contribution is -2.59. The minimum absolute atomic E-state index is 0.280. The van der Waals surface area contributed by atoms with Gasteiger partial charge in [-0.25, -0.2) is 0 Å². The van der Waals surface area contributed by atoms with E-state index in [-0.39, 0.29) is 6.04 Å². The van der Waals surface area contributed by atoms with Gasteiger partial charge >= 0.3 is 0 Å². The van der Waals surface area contributed by atoms with Gasteiger partial charge in [-0.2, -0.15) is 0 Å². The summed E-state index contributed by atoms with van der Waals surface area (Å²) in [5.74, 6) is 1.09. The monoisotopic (exact) mass is 326 g/mol. The molecule has 6 rings (SSSR count). The SMILES string of the molecule is NC(=O)c1cnc2c(c1NC1C3CC4CC1CC(O)(C4)C3)N=CC2. The second-order valence-corrected chi connectivity index (χ2v) is 8.09. The van der Waals surface area contributed by atoms with Crippen molar-refractivity contribution < 1.29 is 9.90 Å². The van der Waals surface area contributed by atoms with E-state index >= 15 is 0 Å². The first-order valence-corrected chi connectivity index (χ1v) is 8.85. The summed E-state index contributed by atoms with van der Waals surface area (Å²) in [5.41, 5.74) is 7.92. The number of carbonyl (C=O) groups excluding carboxylic acids is 1. The van der Waals surface area contributed by atoms with E-state index in [9.17, 15) is 9.90 Å². The highest BCUT2D eigenvalue weighted by atomic mass is 16.3. The molecule has 4 N–H and O–H groups in total. The van der Waals surface area contributed by atoms with Crippen molar-refractivity contribution in [3.63, 3.8) is 0 Å². The van der Waals surface area contributed by atoms with Gasteiger partial charge in [0, 0.05) is 24.9 Å². The molecule has 0 saturated heterocycles. The fourth-order valence-corrected chi connectivity index (χ4v) is 5.77. The average Bonchev–Trinajstić information content (AvgIpc) is 2.97. The van der Waals surface area contributed by atoms with Gasteiger partial charge in [-0.3, -0.25) is 14.8 Å². The van der Waals surface area contributed by atoms with E-state index < -0.39 is 11.5 Å². The van der Waals surface area contributed by atoms with Crippen molar-refractivity contribution in [2.45, 2.75) is 50.2 Å². The van der Waals surface area contributed by atoms with Crippen LogP contribution in [0.15, 0.2) is 11.2 Å². The Labute approximate surface area is 140 Å². The Hall–Kier alpha value is -1.95. The van der Waals surface area contributed by atoms with Crippen molar-refractivity contribution in [3.05, 3.63) is 17.5 Å². The minimum atomic E-state index is -0.475. The molecule has 0 radical (unpaired) electrons. The maximum atomic E-state index is 11.9. The van der Waals surface area contributed by atoms with Crippen LogP contribution in [0.3, 0.4) is 0 Å². The van der Waals surface area contributed by atoms with Crippen molar-refractivity contribution in [3.8, 4) is 0 Å². The number of anilines is 1. The number of pyridine rings is 1. The lowest BCUT2D eigenvalue weighted by atomic mass is 9.52. The van der Waals surface area contributed by atoms with Gasteiger partial charge in [-0.1, -0.05) is 0 Å². The third-order valence-electron chi connectivity index (χ3n) is 6.45. The molecule has 6 nitrogen and oxygen atoms in total. The number of amides is 1. The third kappa shape index (κ3) is 2.02. The van der Waals surface area contributed by atoms with Crippen molar-refractivity contribution in [2.24, 2.45) is 28.5 Å². The van der Waals surface area contributed by atoms with Crippen molar-refractivity contribution in [1.29, 1.82) is 0 Å². The molecule has 2 heterocycles. The number of hydrogen-bond acceptors (Lipinski definition) is 5. The Kier molecular flexibility index (Phi) is 2.87. The number of hydrogen-bond donors (Lipinski definition) is 3. The number of aromatic nitrogens is 1. The van der Waals surface area contributed by atoms with Crippen molar-refractivity contribution >= 4 is 23.5 Å². The zero-order chi connectivity index (χ0) is 16.5. The van der Waals surface area contributed by atoms with Gasteiger partial charge in [0.2, 0.25) is 0 Å². The highest BCUT2D eigenvalue weighted by molar-refractivity contribution is 6.02. The minimum Gasteiger partial charge on any atom is -0.390 e. The molecular formula is C18H22N4O2. The molecule has 4 bridgehead atoms. The summed E-state index contributed by atoms with van der Waals surface area (Å²) >= 11 is 0. The Morgan fingerprint density at radius 3 is 2.71 bits per heavy atom. The van der Waals surface area contributed by atoms with Crippen LogP contribution >= 0.6 is 0 Å². The summed E-state index contributed by atoms with van der Waals surface area (Å²) in [6, 6.07) is 0.280. The van der Waals surface area contributed by atoms with Gasteiger partial charge in [0.25, 0.3) is 5.91 Å². The molecule has 5 aliphatic rings. The van der Waals surface area contributed by atoms with Crippen LogP contribution in [0.2, 0.25) is 0 Å². The van der Waals surface area contributed by atoms with Crippen LogP contribution in [0.5, 0.6) is 0 Å². The van der Waals surface area contributed by atoms with Gasteiger partial charge < -0.3 is 16.2 Å². The molecule has 4 fully saturated rings. The molecule has 2 unspecified atom stereocenters. The maximum Gasteiger partial charge on any atom is 0.252 e. The van der Waals surface area contributed by atoms with E-state index in [1.807, 2.05) is 6.21 Å². The van der Waals surface area contributed by atoms with Crippen LogP contribution in [0.4, 0.5) is 11.4 Å². The van der Waals surface area contributed by atoms with Gasteiger partial charge in [-0.15, -0.1) is 0 Å². The number of nitrogens with zero attached hydrogens (tertiary/aromatic N) is 2. The summed E-state index contributed by atoms with van der Waals surface area (Å²) in [4.78, 5) is 20.6. The van der Waals surface area contributed by atoms with Crippen molar-refractivity contribution in [1.82, 2.24) is 4.98 Å². The summed E-state index contributed by atoms with van der Waals surface area (Å²) in [5, 5.41) is 14.4. The lowest BCUT2D eigenvalue weighted by Gasteiger charge is -2.58. The van der Waals surface area contributed by atoms with E-state index in [1.165, 1.54) is 12.8 Å². The lowest BCUT2D eigenvalue weighted by molar-refractivity contribution is -0.129. The molecule has 4 aliphatic carbocycles. The first kappa shape index (κ1) is 14.4. The Morgan fingerprint density at radius 2 is 2.04 bits per heavy atom. The largest absolute Gasteiger partial charge is 0.390 e. The quantitative estimate of drug-likeness (QED) is 0.788. The third-order valence-corrected chi connectivity index (χ3v) is 6.45. The maximum absolute atomic E-state index is 11.9. The first-order chi connectivity index (χ1) is 11.5. The smallest absolute Gasteiger partial charge is 0.252 e. The molecule has 126 valence electrons. The Morgan fingerprint density at radius 1 is 1.29 bits per heavy atom. The van der Waals surface area contributed by atoms with Gasteiger partial charge in [0.1, 0.15) is 5.69 Å². The van der Waals surface area contributed by atoms with Gasteiger partial charge in [0.15, 0.2) is 0 Å². The van der Waals surface area contributed by atoms with Crippen LogP contribution in [0, 0.1) is 17.8 Å². The fourth-order valence-electron chi connectivity index (χ4n) is 5.77. The molecule has 4 saturated carbocycles. The molecule has 24 heavy (non-hydrogen) atoms. The average molecular weight is 326 g/mol. The molecule has 0 spiro atoms. The van der Waals surface area contributed by atoms with E-state index in [0.29, 0.717) is 29.7 Å². The number of aliphatic imine (C=N–C) groups is 1. The van der Waals surface area contributed by atoms with E-state index in [2.05, 4.69) is 15.3 Å². The second-order valence-electron chi connectivity index (χ2n) is 8.09. The molecule has 1 amide bonds. The number of fused-ring (bicyclic) bond motifs is 1. The number of aliphatic hydroxyl groups is 1. The zero-order valence-electron chi connectivity index (χ0n) is 13.5. The van der Waals surface area contributed by atoms with Crippen LogP contribution in [0.25, 0.3) is 0 Å². The Balaban J connectivity index is 1.52. The van der Waals surface area contributed by atoms with Crippen LogP contribution in [-0.2, 0) is 6.42 Å². The van der Waals surface area contributed by atoms with E-state index in [4.69, 9.17) is 5.73 Å². The Bertz CT molecular complexity index is 744. The normalized spacial score (nSPS) is 38.4. The number of rotatable bonds is 3. The van der Waals surface area contributed by atoms with Crippen LogP contribution in [-0.4, -0.2) is 33.9 Å². The highest BCUT2D eigenvalue weighted by Gasteiger charge is 2.54. The predicted molar refractivity (Wildman–Crippen MR) is 90.5 cm³/mol. The summed E-state index contributed by atoms with van der Waals surface area (Å²) in [7, 11) is 0. The number of nitrogens with two attached hydrogens (primary N) is 1. The second kappa shape index (κ2) is 4.79. The molecule has 6 heteroatoms. The van der Waals surface area contributed by atoms with E-state index in [1.54, 1.807) is 6.20 Å². The molecule has 2 atom stereocenters. The molecular weight excluding hydrogens is 304 g/mol. The number of nitrogens with one attached hydrogen (secondary N) is 1. The molecule has 1 aliphatic heterocycles.